The molecule has 0 aromatic rings. The predicted molar refractivity (Wildman–Crippen MR) is 76.4 cm³/mol. The first-order valence-electron chi connectivity index (χ1n) is 7.53. The summed E-state index contributed by atoms with van der Waals surface area (Å²) in [5.74, 6) is 0. The van der Waals surface area contributed by atoms with Gasteiger partial charge in [0.25, 0.3) is 0 Å². The molecule has 0 aliphatic heterocycles. The molecule has 0 heterocycles. The van der Waals surface area contributed by atoms with Crippen molar-refractivity contribution in [3.63, 3.8) is 0 Å². The third-order valence-electron chi connectivity index (χ3n) is 3.26. The smallest absolute Gasteiger partial charge is 0.0431 e. The van der Waals surface area contributed by atoms with Crippen molar-refractivity contribution in [2.45, 2.75) is 70.6 Å². The molecule has 0 saturated heterocycles. The van der Waals surface area contributed by atoms with Crippen molar-refractivity contribution in [1.29, 1.82) is 0 Å². The highest BCUT2D eigenvalue weighted by molar-refractivity contribution is 4.49. The monoisotopic (exact) mass is 243 g/mol. The quantitative estimate of drug-likeness (QED) is 0.497. The van der Waals surface area contributed by atoms with Crippen LogP contribution in [0.2, 0.25) is 0 Å². The first-order valence-corrected chi connectivity index (χ1v) is 7.53. The van der Waals surface area contributed by atoms with Crippen LogP contribution in [0, 0.1) is 0 Å². The van der Waals surface area contributed by atoms with Crippen molar-refractivity contribution < 1.29 is 5.11 Å². The SMILES string of the molecule is CN(C)CCCCCCCCCCCCCO. The van der Waals surface area contributed by atoms with Crippen LogP contribution in [-0.4, -0.2) is 37.3 Å². The topological polar surface area (TPSA) is 23.5 Å². The van der Waals surface area contributed by atoms with Crippen molar-refractivity contribution in [3.05, 3.63) is 0 Å². The van der Waals surface area contributed by atoms with Crippen molar-refractivity contribution in [2.75, 3.05) is 27.2 Å². The molecule has 2 heteroatoms. The number of rotatable bonds is 13. The molecule has 1 N–H and O–H groups in total. The van der Waals surface area contributed by atoms with E-state index in [9.17, 15) is 0 Å². The van der Waals surface area contributed by atoms with Crippen LogP contribution in [0.5, 0.6) is 0 Å². The molecule has 0 fully saturated rings. The van der Waals surface area contributed by atoms with E-state index in [1.165, 1.54) is 70.8 Å². The van der Waals surface area contributed by atoms with Gasteiger partial charge in [0.1, 0.15) is 0 Å². The molecule has 0 saturated carbocycles. The van der Waals surface area contributed by atoms with Crippen LogP contribution >= 0.6 is 0 Å². The summed E-state index contributed by atoms with van der Waals surface area (Å²) in [4.78, 5) is 2.27. The van der Waals surface area contributed by atoms with Gasteiger partial charge in [-0.05, 0) is 33.5 Å². The van der Waals surface area contributed by atoms with Gasteiger partial charge in [0.15, 0.2) is 0 Å². The summed E-state index contributed by atoms with van der Waals surface area (Å²) < 4.78 is 0. The molecule has 0 aromatic carbocycles. The Labute approximate surface area is 108 Å². The van der Waals surface area contributed by atoms with Crippen molar-refractivity contribution in [2.24, 2.45) is 0 Å². The second kappa shape index (κ2) is 14.0. The van der Waals surface area contributed by atoms with E-state index in [2.05, 4.69) is 19.0 Å². The highest BCUT2D eigenvalue weighted by Gasteiger charge is 1.94. The molecule has 0 aliphatic rings. The van der Waals surface area contributed by atoms with E-state index in [-0.39, 0.29) is 0 Å². The zero-order valence-electron chi connectivity index (χ0n) is 12.1. The van der Waals surface area contributed by atoms with Crippen molar-refractivity contribution >= 4 is 0 Å². The van der Waals surface area contributed by atoms with Crippen LogP contribution in [0.1, 0.15) is 70.6 Å². The van der Waals surface area contributed by atoms with E-state index in [4.69, 9.17) is 5.11 Å². The number of aliphatic hydroxyl groups is 1. The fourth-order valence-electron chi connectivity index (χ4n) is 2.13. The van der Waals surface area contributed by atoms with E-state index in [0.717, 1.165) is 6.42 Å². The summed E-state index contributed by atoms with van der Waals surface area (Å²) in [6.07, 6.45) is 14.7. The summed E-state index contributed by atoms with van der Waals surface area (Å²) in [5.41, 5.74) is 0. The third-order valence-corrected chi connectivity index (χ3v) is 3.26. The second-order valence-electron chi connectivity index (χ2n) is 5.42. The highest BCUT2D eigenvalue weighted by atomic mass is 16.2. The van der Waals surface area contributed by atoms with E-state index in [1.807, 2.05) is 0 Å². The Morgan fingerprint density at radius 3 is 1.29 bits per heavy atom. The summed E-state index contributed by atoms with van der Waals surface area (Å²) in [5, 5.41) is 8.64. The average molecular weight is 243 g/mol. The summed E-state index contributed by atoms with van der Waals surface area (Å²) in [7, 11) is 4.30. The average Bonchev–Trinajstić information content (AvgIpc) is 2.30. The molecule has 0 aromatic heterocycles. The Bertz CT molecular complexity index is 137. The normalized spacial score (nSPS) is 11.3. The molecule has 104 valence electrons. The number of hydrogen-bond acceptors (Lipinski definition) is 2. The number of aliphatic hydroxyl groups excluding tert-OH is 1. The van der Waals surface area contributed by atoms with Gasteiger partial charge in [-0.1, -0.05) is 57.8 Å². The zero-order valence-corrected chi connectivity index (χ0v) is 12.1. The standard InChI is InChI=1S/C15H33NO/c1-16(2)14-12-10-8-6-4-3-5-7-9-11-13-15-17/h17H,3-15H2,1-2H3. The lowest BCUT2D eigenvalue weighted by Gasteiger charge is -2.08. The fourth-order valence-corrected chi connectivity index (χ4v) is 2.13. The molecule has 0 amide bonds. The Morgan fingerprint density at radius 1 is 0.588 bits per heavy atom. The molecular weight excluding hydrogens is 210 g/mol. The van der Waals surface area contributed by atoms with E-state index in [1.54, 1.807) is 0 Å². The maximum absolute atomic E-state index is 8.64. The number of nitrogens with zero attached hydrogens (tertiary/aromatic N) is 1. The number of hydrogen-bond donors (Lipinski definition) is 1. The van der Waals surface area contributed by atoms with Gasteiger partial charge in [-0.15, -0.1) is 0 Å². The van der Waals surface area contributed by atoms with Crippen LogP contribution in [0.3, 0.4) is 0 Å². The first kappa shape index (κ1) is 16.9. The molecule has 0 atom stereocenters. The highest BCUT2D eigenvalue weighted by Crippen LogP contribution is 2.11. The van der Waals surface area contributed by atoms with Crippen molar-refractivity contribution in [1.82, 2.24) is 4.90 Å². The van der Waals surface area contributed by atoms with Gasteiger partial charge >= 0.3 is 0 Å². The van der Waals surface area contributed by atoms with Gasteiger partial charge < -0.3 is 10.0 Å². The van der Waals surface area contributed by atoms with Gasteiger partial charge in [0.2, 0.25) is 0 Å². The Morgan fingerprint density at radius 2 is 0.941 bits per heavy atom. The largest absolute Gasteiger partial charge is 0.396 e. The maximum Gasteiger partial charge on any atom is 0.0431 e. The molecule has 0 rings (SSSR count). The van der Waals surface area contributed by atoms with Crippen LogP contribution in [0.15, 0.2) is 0 Å². The van der Waals surface area contributed by atoms with Crippen molar-refractivity contribution in [3.8, 4) is 0 Å². The first-order chi connectivity index (χ1) is 8.27. The van der Waals surface area contributed by atoms with E-state index in [0.29, 0.717) is 6.61 Å². The molecule has 0 bridgehead atoms. The molecule has 0 aliphatic carbocycles. The summed E-state index contributed by atoms with van der Waals surface area (Å²) in [6, 6.07) is 0. The molecule has 17 heavy (non-hydrogen) atoms. The van der Waals surface area contributed by atoms with Crippen LogP contribution in [0.25, 0.3) is 0 Å². The van der Waals surface area contributed by atoms with E-state index >= 15 is 0 Å². The lowest BCUT2D eigenvalue weighted by Crippen LogP contribution is -2.12. The van der Waals surface area contributed by atoms with Gasteiger partial charge in [-0.3, -0.25) is 0 Å². The van der Waals surface area contributed by atoms with Crippen LogP contribution in [-0.2, 0) is 0 Å². The second-order valence-corrected chi connectivity index (χ2v) is 5.42. The predicted octanol–water partition coefficient (Wildman–Crippen LogP) is 3.83. The fraction of sp³-hybridized carbons (Fsp3) is 1.00. The van der Waals surface area contributed by atoms with Gasteiger partial charge in [0, 0.05) is 6.61 Å². The lowest BCUT2D eigenvalue weighted by atomic mass is 10.1. The molecule has 0 unspecified atom stereocenters. The minimum absolute atomic E-state index is 0.368. The minimum atomic E-state index is 0.368. The Kier molecular flexibility index (Phi) is 13.9. The molecule has 2 nitrogen and oxygen atoms in total. The van der Waals surface area contributed by atoms with E-state index < -0.39 is 0 Å². The molecule has 0 spiro atoms. The zero-order chi connectivity index (χ0) is 12.8. The summed E-state index contributed by atoms with van der Waals surface area (Å²) in [6.45, 7) is 1.61. The summed E-state index contributed by atoms with van der Waals surface area (Å²) >= 11 is 0. The lowest BCUT2D eigenvalue weighted by molar-refractivity contribution is 0.282. The number of unbranched alkanes of at least 4 members (excludes halogenated alkanes) is 10. The van der Waals surface area contributed by atoms with Gasteiger partial charge in [-0.25, -0.2) is 0 Å². The molecular formula is C15H33NO. The maximum atomic E-state index is 8.64. The molecule has 0 radical (unpaired) electrons. The van der Waals surface area contributed by atoms with Crippen LogP contribution < -0.4 is 0 Å². The minimum Gasteiger partial charge on any atom is -0.396 e. The van der Waals surface area contributed by atoms with Gasteiger partial charge in [-0.2, -0.15) is 0 Å². The van der Waals surface area contributed by atoms with Crippen LogP contribution in [0.4, 0.5) is 0 Å². The van der Waals surface area contributed by atoms with Gasteiger partial charge in [0.05, 0.1) is 0 Å². The Hall–Kier alpha value is -0.0800. The third kappa shape index (κ3) is 15.9. The Balaban J connectivity index is 2.89.